The maximum Gasteiger partial charge on any atom is 0.254 e. The second-order valence-electron chi connectivity index (χ2n) is 6.26. The summed E-state index contributed by atoms with van der Waals surface area (Å²) in [6.07, 6.45) is 0. The van der Waals surface area contributed by atoms with Crippen molar-refractivity contribution in [3.05, 3.63) is 92.7 Å². The number of H-pyrrole nitrogens is 1. The van der Waals surface area contributed by atoms with Gasteiger partial charge in [-0.1, -0.05) is 12.1 Å². The molecule has 1 heterocycles. The normalized spacial score (nSPS) is 11.7. The maximum absolute atomic E-state index is 14.4. The van der Waals surface area contributed by atoms with E-state index in [1.54, 1.807) is 38.1 Å². The molecular weight excluding hydrogens is 362 g/mol. The van der Waals surface area contributed by atoms with E-state index < -0.39 is 17.2 Å². The molecule has 28 heavy (non-hydrogen) atoms. The van der Waals surface area contributed by atoms with E-state index in [1.807, 2.05) is 6.07 Å². The first-order valence-corrected chi connectivity index (χ1v) is 8.35. The van der Waals surface area contributed by atoms with Gasteiger partial charge in [0, 0.05) is 34.0 Å². The van der Waals surface area contributed by atoms with Crippen LogP contribution in [-0.4, -0.2) is 9.97 Å². The summed E-state index contributed by atoms with van der Waals surface area (Å²) in [5, 5.41) is 8.94. The zero-order valence-corrected chi connectivity index (χ0v) is 15.2. The van der Waals surface area contributed by atoms with Crippen LogP contribution >= 0.6 is 0 Å². The monoisotopic (exact) mass is 378 g/mol. The zero-order chi connectivity index (χ0) is 20.4. The first-order valence-electron chi connectivity index (χ1n) is 8.35. The molecule has 0 radical (unpaired) electrons. The van der Waals surface area contributed by atoms with E-state index in [1.165, 1.54) is 6.07 Å². The summed E-state index contributed by atoms with van der Waals surface area (Å²) in [7, 11) is 0. The van der Waals surface area contributed by atoms with Crippen LogP contribution in [0.2, 0.25) is 0 Å². The molecule has 0 aliphatic rings. The second-order valence-corrected chi connectivity index (χ2v) is 6.26. The van der Waals surface area contributed by atoms with Gasteiger partial charge in [-0.3, -0.25) is 4.79 Å². The molecule has 0 saturated carbocycles. The minimum atomic E-state index is -0.817. The number of hydrogen-bond acceptors (Lipinski definition) is 4. The van der Waals surface area contributed by atoms with E-state index in [4.69, 9.17) is 11.0 Å². The molecule has 0 bridgehead atoms. The average Bonchev–Trinajstić information content (AvgIpc) is 2.66. The third-order valence-electron chi connectivity index (χ3n) is 4.27. The number of aromatic nitrogens is 2. The Balaban J connectivity index is 2.23. The van der Waals surface area contributed by atoms with Gasteiger partial charge < -0.3 is 10.7 Å². The number of nitrogens with zero attached hydrogens (tertiary/aromatic N) is 2. The lowest BCUT2D eigenvalue weighted by molar-refractivity contribution is 0.581. The molecule has 3 aromatic rings. The summed E-state index contributed by atoms with van der Waals surface area (Å²) in [6.45, 7) is 3.15. The number of allylic oxidation sites excluding steroid dienone is 1. The smallest absolute Gasteiger partial charge is 0.254 e. The fourth-order valence-electron chi connectivity index (χ4n) is 2.85. The Bertz CT molecular complexity index is 1180. The van der Waals surface area contributed by atoms with Crippen molar-refractivity contribution in [1.29, 1.82) is 5.26 Å². The Morgan fingerprint density at radius 1 is 1.18 bits per heavy atom. The number of benzene rings is 2. The van der Waals surface area contributed by atoms with E-state index in [2.05, 4.69) is 9.97 Å². The van der Waals surface area contributed by atoms with Gasteiger partial charge in [-0.15, -0.1) is 0 Å². The van der Waals surface area contributed by atoms with Crippen LogP contribution < -0.4 is 11.3 Å². The molecule has 5 nitrogen and oxygen atoms in total. The first-order chi connectivity index (χ1) is 13.3. The van der Waals surface area contributed by atoms with Gasteiger partial charge in [0.15, 0.2) is 0 Å². The van der Waals surface area contributed by atoms with E-state index in [9.17, 15) is 13.6 Å². The molecule has 3 rings (SSSR count). The van der Waals surface area contributed by atoms with E-state index in [0.29, 0.717) is 22.4 Å². The highest BCUT2D eigenvalue weighted by Gasteiger charge is 2.18. The minimum Gasteiger partial charge on any atom is -0.402 e. The molecule has 0 amide bonds. The van der Waals surface area contributed by atoms with Crippen LogP contribution in [0.3, 0.4) is 0 Å². The molecule has 0 saturated heterocycles. The largest absolute Gasteiger partial charge is 0.402 e. The maximum atomic E-state index is 14.4. The van der Waals surface area contributed by atoms with Gasteiger partial charge in [0.05, 0.1) is 17.3 Å². The standard InChI is InChI=1S/C21H16F2N4O/c1-11-19(14-5-3-13(10-24)4-6-14)26-20(27-21(11)28)18(12(2)25)16-8-7-15(22)9-17(16)23/h3-9H,25H2,1-2H3,(H,26,27,28). The van der Waals surface area contributed by atoms with Crippen molar-refractivity contribution < 1.29 is 8.78 Å². The van der Waals surface area contributed by atoms with Crippen molar-refractivity contribution in [2.24, 2.45) is 5.73 Å². The number of rotatable bonds is 3. The number of nitriles is 1. The number of hydrogen-bond donors (Lipinski definition) is 2. The fourth-order valence-corrected chi connectivity index (χ4v) is 2.85. The predicted octanol–water partition coefficient (Wildman–Crippen LogP) is 3.63. The van der Waals surface area contributed by atoms with Crippen molar-refractivity contribution in [1.82, 2.24) is 9.97 Å². The van der Waals surface area contributed by atoms with Crippen molar-refractivity contribution in [2.45, 2.75) is 13.8 Å². The number of aromatic amines is 1. The molecule has 3 N–H and O–H groups in total. The minimum absolute atomic E-state index is 0.0270. The number of nitrogens with two attached hydrogens (primary N) is 1. The van der Waals surface area contributed by atoms with Gasteiger partial charge in [0.25, 0.3) is 5.56 Å². The summed E-state index contributed by atoms with van der Waals surface area (Å²) in [6, 6.07) is 11.7. The number of halogens is 2. The van der Waals surface area contributed by atoms with Crippen molar-refractivity contribution >= 4 is 5.57 Å². The van der Waals surface area contributed by atoms with Crippen LogP contribution in [-0.2, 0) is 0 Å². The summed E-state index contributed by atoms with van der Waals surface area (Å²) in [5.74, 6) is -1.47. The quantitative estimate of drug-likeness (QED) is 0.727. The lowest BCUT2D eigenvalue weighted by atomic mass is 10.0. The van der Waals surface area contributed by atoms with Crippen LogP contribution in [0.25, 0.3) is 16.8 Å². The SMILES string of the molecule is CC(N)=C(c1nc(-c2ccc(C#N)cc2)c(C)c(=O)[nH]1)c1ccc(F)cc1F. The molecule has 0 atom stereocenters. The van der Waals surface area contributed by atoms with Gasteiger partial charge in [-0.25, -0.2) is 13.8 Å². The lowest BCUT2D eigenvalue weighted by Gasteiger charge is -2.13. The topological polar surface area (TPSA) is 95.6 Å². The summed E-state index contributed by atoms with van der Waals surface area (Å²) < 4.78 is 27.6. The Hall–Kier alpha value is -3.79. The van der Waals surface area contributed by atoms with Gasteiger partial charge in [-0.05, 0) is 38.1 Å². The Morgan fingerprint density at radius 2 is 1.86 bits per heavy atom. The Kier molecular flexibility index (Phi) is 5.05. The van der Waals surface area contributed by atoms with Gasteiger partial charge >= 0.3 is 0 Å². The van der Waals surface area contributed by atoms with Crippen molar-refractivity contribution in [2.75, 3.05) is 0 Å². The van der Waals surface area contributed by atoms with Crippen LogP contribution in [0.5, 0.6) is 0 Å². The van der Waals surface area contributed by atoms with E-state index in [0.717, 1.165) is 12.1 Å². The lowest BCUT2D eigenvalue weighted by Crippen LogP contribution is -2.17. The number of nitrogens with one attached hydrogen (secondary N) is 1. The highest BCUT2D eigenvalue weighted by molar-refractivity contribution is 5.79. The second kappa shape index (κ2) is 7.45. The van der Waals surface area contributed by atoms with Gasteiger partial charge in [-0.2, -0.15) is 5.26 Å². The Morgan fingerprint density at radius 3 is 2.43 bits per heavy atom. The molecule has 0 unspecified atom stereocenters. The zero-order valence-electron chi connectivity index (χ0n) is 15.2. The fraction of sp³-hybridized carbons (Fsp3) is 0.0952. The Labute approximate surface area is 159 Å². The van der Waals surface area contributed by atoms with Gasteiger partial charge in [0.1, 0.15) is 17.5 Å². The molecule has 1 aromatic heterocycles. The molecule has 0 aliphatic heterocycles. The van der Waals surface area contributed by atoms with Crippen LogP contribution in [0.15, 0.2) is 53.0 Å². The van der Waals surface area contributed by atoms with Crippen molar-refractivity contribution in [3.8, 4) is 17.3 Å². The third kappa shape index (κ3) is 3.53. The average molecular weight is 378 g/mol. The molecule has 0 fully saturated rings. The summed E-state index contributed by atoms with van der Waals surface area (Å²) in [4.78, 5) is 19.6. The third-order valence-corrected chi connectivity index (χ3v) is 4.27. The summed E-state index contributed by atoms with van der Waals surface area (Å²) in [5.41, 5.74) is 7.78. The van der Waals surface area contributed by atoms with E-state index >= 15 is 0 Å². The van der Waals surface area contributed by atoms with Crippen LogP contribution in [0, 0.1) is 29.9 Å². The molecule has 2 aromatic carbocycles. The molecular formula is C21H16F2N4O. The molecule has 7 heteroatoms. The highest BCUT2D eigenvalue weighted by atomic mass is 19.1. The molecule has 140 valence electrons. The highest BCUT2D eigenvalue weighted by Crippen LogP contribution is 2.27. The van der Waals surface area contributed by atoms with Gasteiger partial charge in [0.2, 0.25) is 0 Å². The molecule has 0 aliphatic carbocycles. The molecule has 0 spiro atoms. The van der Waals surface area contributed by atoms with Crippen LogP contribution in [0.1, 0.15) is 29.4 Å². The van der Waals surface area contributed by atoms with E-state index in [-0.39, 0.29) is 22.7 Å². The van der Waals surface area contributed by atoms with Crippen molar-refractivity contribution in [3.63, 3.8) is 0 Å². The summed E-state index contributed by atoms with van der Waals surface area (Å²) >= 11 is 0. The predicted molar refractivity (Wildman–Crippen MR) is 102 cm³/mol. The first kappa shape index (κ1) is 19.0. The van der Waals surface area contributed by atoms with Crippen LogP contribution in [0.4, 0.5) is 8.78 Å².